The van der Waals surface area contributed by atoms with Gasteiger partial charge in [0.25, 0.3) is 5.69 Å². The van der Waals surface area contributed by atoms with Crippen LogP contribution in [-0.4, -0.2) is 16.9 Å². The van der Waals surface area contributed by atoms with Crippen LogP contribution < -0.4 is 9.47 Å². The largest absolute Gasteiger partial charge is 0.427 e. The van der Waals surface area contributed by atoms with Crippen LogP contribution in [0.25, 0.3) is 0 Å². The van der Waals surface area contributed by atoms with E-state index in [9.17, 15) is 19.7 Å². The minimum absolute atomic E-state index is 0.0393. The summed E-state index contributed by atoms with van der Waals surface area (Å²) in [5.74, 6) is 0.580. The molecule has 32 heavy (non-hydrogen) atoms. The Hall–Kier alpha value is -3.22. The lowest BCUT2D eigenvalue weighted by molar-refractivity contribution is -0.384. The summed E-state index contributed by atoms with van der Waals surface area (Å²) in [6, 6.07) is 13.2. The van der Waals surface area contributed by atoms with E-state index in [-0.39, 0.29) is 23.5 Å². The highest BCUT2D eigenvalue weighted by Crippen LogP contribution is 2.37. The van der Waals surface area contributed by atoms with Crippen molar-refractivity contribution in [1.82, 2.24) is 0 Å². The third-order valence-electron chi connectivity index (χ3n) is 5.89. The van der Waals surface area contributed by atoms with Gasteiger partial charge in [0, 0.05) is 18.6 Å². The Morgan fingerprint density at radius 2 is 1.50 bits per heavy atom. The van der Waals surface area contributed by atoms with Crippen LogP contribution in [0.15, 0.2) is 48.5 Å². The number of carbonyl (C=O) groups is 2. The van der Waals surface area contributed by atoms with Crippen LogP contribution in [0.5, 0.6) is 11.5 Å². The number of esters is 2. The maximum absolute atomic E-state index is 12.5. The van der Waals surface area contributed by atoms with Crippen molar-refractivity contribution in [2.24, 2.45) is 5.92 Å². The van der Waals surface area contributed by atoms with Gasteiger partial charge in [0.2, 0.25) is 0 Å². The number of hydrogen-bond acceptors (Lipinski definition) is 6. The Kier molecular flexibility index (Phi) is 8.36. The van der Waals surface area contributed by atoms with E-state index >= 15 is 0 Å². The number of non-ortho nitro benzene ring substituents is 1. The first-order valence-electron chi connectivity index (χ1n) is 11.2. The topological polar surface area (TPSA) is 95.7 Å². The smallest absolute Gasteiger partial charge is 0.314 e. The lowest BCUT2D eigenvalue weighted by Crippen LogP contribution is -2.25. The molecule has 1 fully saturated rings. The number of benzene rings is 2. The van der Waals surface area contributed by atoms with E-state index in [1.54, 1.807) is 0 Å². The normalized spacial score (nSPS) is 18.0. The summed E-state index contributed by atoms with van der Waals surface area (Å²) in [6.45, 7) is 2.10. The molecule has 0 unspecified atom stereocenters. The van der Waals surface area contributed by atoms with Crippen LogP contribution in [0, 0.1) is 16.0 Å². The van der Waals surface area contributed by atoms with Gasteiger partial charge >= 0.3 is 11.9 Å². The van der Waals surface area contributed by atoms with Gasteiger partial charge in [-0.1, -0.05) is 31.9 Å². The second-order valence-electron chi connectivity index (χ2n) is 8.22. The average Bonchev–Trinajstić information content (AvgIpc) is 2.80. The molecular formula is C25H29NO6. The summed E-state index contributed by atoms with van der Waals surface area (Å²) in [5.41, 5.74) is 1.14. The summed E-state index contributed by atoms with van der Waals surface area (Å²) in [6.07, 6.45) is 6.58. The Morgan fingerprint density at radius 3 is 2.09 bits per heavy atom. The molecule has 0 radical (unpaired) electrons. The second-order valence-corrected chi connectivity index (χ2v) is 8.22. The van der Waals surface area contributed by atoms with Crippen molar-refractivity contribution < 1.29 is 24.0 Å². The van der Waals surface area contributed by atoms with E-state index in [1.165, 1.54) is 29.8 Å². The fourth-order valence-electron chi connectivity index (χ4n) is 4.01. The minimum Gasteiger partial charge on any atom is -0.427 e. The Labute approximate surface area is 187 Å². The predicted octanol–water partition coefficient (Wildman–Crippen LogP) is 5.96. The first-order chi connectivity index (χ1) is 15.5. The van der Waals surface area contributed by atoms with E-state index in [0.29, 0.717) is 23.8 Å². The number of nitrogens with zero attached hydrogens (tertiary/aromatic N) is 1. The zero-order valence-electron chi connectivity index (χ0n) is 18.3. The van der Waals surface area contributed by atoms with Crippen molar-refractivity contribution >= 4 is 17.6 Å². The van der Waals surface area contributed by atoms with E-state index in [2.05, 4.69) is 6.92 Å². The van der Waals surface area contributed by atoms with Crippen LogP contribution in [0.3, 0.4) is 0 Å². The van der Waals surface area contributed by atoms with Gasteiger partial charge in [-0.15, -0.1) is 0 Å². The summed E-state index contributed by atoms with van der Waals surface area (Å²) in [5, 5.41) is 10.7. The Morgan fingerprint density at radius 1 is 0.906 bits per heavy atom. The number of rotatable bonds is 9. The Bertz CT molecular complexity index is 914. The van der Waals surface area contributed by atoms with E-state index in [1.807, 2.05) is 24.3 Å². The van der Waals surface area contributed by atoms with E-state index in [4.69, 9.17) is 9.47 Å². The van der Waals surface area contributed by atoms with Crippen molar-refractivity contribution in [3.63, 3.8) is 0 Å². The maximum atomic E-state index is 12.5. The Balaban J connectivity index is 1.46. The molecule has 1 aliphatic rings. The van der Waals surface area contributed by atoms with Crippen molar-refractivity contribution in [2.45, 2.75) is 64.2 Å². The first kappa shape index (κ1) is 23.4. The van der Waals surface area contributed by atoms with Crippen LogP contribution in [0.2, 0.25) is 0 Å². The molecule has 1 saturated carbocycles. The van der Waals surface area contributed by atoms with Crippen LogP contribution >= 0.6 is 0 Å². The molecule has 1 aliphatic carbocycles. The highest BCUT2D eigenvalue weighted by Gasteiger charge is 2.28. The maximum Gasteiger partial charge on any atom is 0.314 e. The molecule has 2 aromatic rings. The van der Waals surface area contributed by atoms with Gasteiger partial charge in [-0.3, -0.25) is 19.7 Å². The first-order valence-corrected chi connectivity index (χ1v) is 11.2. The molecule has 2 aromatic carbocycles. The summed E-state index contributed by atoms with van der Waals surface area (Å²) >= 11 is 0. The van der Waals surface area contributed by atoms with Crippen molar-refractivity contribution in [3.8, 4) is 11.5 Å². The van der Waals surface area contributed by atoms with Crippen molar-refractivity contribution in [3.05, 3.63) is 64.2 Å². The molecule has 0 aromatic heterocycles. The molecule has 7 nitrogen and oxygen atoms in total. The van der Waals surface area contributed by atoms with Gasteiger partial charge in [-0.25, -0.2) is 0 Å². The summed E-state index contributed by atoms with van der Waals surface area (Å²) < 4.78 is 10.8. The van der Waals surface area contributed by atoms with Gasteiger partial charge in [0.05, 0.1) is 10.8 Å². The number of unbranched alkanes of at least 4 members (excludes halogenated alkanes) is 2. The van der Waals surface area contributed by atoms with E-state index in [0.717, 1.165) is 44.9 Å². The lowest BCUT2D eigenvalue weighted by Gasteiger charge is -2.27. The fraction of sp³-hybridized carbons (Fsp3) is 0.440. The fourth-order valence-corrected chi connectivity index (χ4v) is 4.01. The number of nitro groups is 1. The third kappa shape index (κ3) is 6.64. The van der Waals surface area contributed by atoms with Crippen molar-refractivity contribution in [2.75, 3.05) is 0 Å². The quantitative estimate of drug-likeness (QED) is 0.157. The molecular weight excluding hydrogens is 410 g/mol. The SMILES string of the molecule is CCCCCC(=O)Oc1ccc(C2CCC(C(=O)Oc3ccc([N+](=O)[O-])cc3)CC2)cc1. The third-order valence-corrected chi connectivity index (χ3v) is 5.89. The number of nitro benzene ring substituents is 1. The van der Waals surface area contributed by atoms with Gasteiger partial charge in [0.15, 0.2) is 0 Å². The standard InChI is InChI=1S/C25H29NO6/c1-2-3-4-5-24(27)31-22-14-10-19(11-15-22)18-6-8-20(9-7-18)25(28)32-23-16-12-21(13-17-23)26(29)30/h10-18,20H,2-9H2,1H3. The second kappa shape index (κ2) is 11.4. The molecule has 170 valence electrons. The molecule has 3 rings (SSSR count). The lowest BCUT2D eigenvalue weighted by atomic mass is 9.79. The summed E-state index contributed by atoms with van der Waals surface area (Å²) in [4.78, 5) is 34.6. The molecule has 0 amide bonds. The van der Waals surface area contributed by atoms with E-state index < -0.39 is 4.92 Å². The van der Waals surface area contributed by atoms with Crippen LogP contribution in [0.4, 0.5) is 5.69 Å². The highest BCUT2D eigenvalue weighted by molar-refractivity contribution is 5.75. The van der Waals surface area contributed by atoms with Gasteiger partial charge in [0.1, 0.15) is 11.5 Å². The number of carbonyl (C=O) groups excluding carboxylic acids is 2. The molecule has 0 atom stereocenters. The van der Waals surface area contributed by atoms with Crippen LogP contribution in [-0.2, 0) is 9.59 Å². The predicted molar refractivity (Wildman–Crippen MR) is 120 cm³/mol. The molecule has 7 heteroatoms. The number of ether oxygens (including phenoxy) is 2. The van der Waals surface area contributed by atoms with Gasteiger partial charge in [-0.05, 0) is 67.9 Å². The van der Waals surface area contributed by atoms with Crippen LogP contribution in [0.1, 0.15) is 69.8 Å². The van der Waals surface area contributed by atoms with Crippen molar-refractivity contribution in [1.29, 1.82) is 0 Å². The average molecular weight is 440 g/mol. The highest BCUT2D eigenvalue weighted by atomic mass is 16.6. The zero-order valence-corrected chi connectivity index (χ0v) is 18.3. The zero-order chi connectivity index (χ0) is 22.9. The molecule has 0 bridgehead atoms. The minimum atomic E-state index is -0.489. The summed E-state index contributed by atoms with van der Waals surface area (Å²) in [7, 11) is 0. The molecule has 0 aliphatic heterocycles. The monoisotopic (exact) mass is 439 g/mol. The molecule has 0 spiro atoms. The molecule has 0 saturated heterocycles. The van der Waals surface area contributed by atoms with Gasteiger partial charge < -0.3 is 9.47 Å². The molecule has 0 heterocycles. The molecule has 0 N–H and O–H groups in total. The number of hydrogen-bond donors (Lipinski definition) is 0. The van der Waals surface area contributed by atoms with Gasteiger partial charge in [-0.2, -0.15) is 0 Å².